The van der Waals surface area contributed by atoms with Gasteiger partial charge < -0.3 is 29.2 Å². The molecule has 5 rings (SSSR count). The number of aliphatic hydroxyl groups excluding tert-OH is 2. The van der Waals surface area contributed by atoms with Crippen LogP contribution in [0.25, 0.3) is 32.6 Å². The number of hydrogen-bond donors (Lipinski definition) is 2. The molecule has 2 N–H and O–H groups in total. The summed E-state index contributed by atoms with van der Waals surface area (Å²) in [5, 5.41) is 22.3. The maximum Gasteiger partial charge on any atom is 0.258 e. The van der Waals surface area contributed by atoms with Crippen LogP contribution >= 0.6 is 0 Å². The van der Waals surface area contributed by atoms with Gasteiger partial charge in [-0.05, 0) is 48.8 Å². The normalized spacial score (nSPS) is 13.2. The van der Waals surface area contributed by atoms with Gasteiger partial charge in [-0.2, -0.15) is 0 Å². The van der Waals surface area contributed by atoms with Gasteiger partial charge in [0.25, 0.3) is 5.56 Å². The zero-order chi connectivity index (χ0) is 21.7. The summed E-state index contributed by atoms with van der Waals surface area (Å²) in [6, 6.07) is 7.16. The summed E-state index contributed by atoms with van der Waals surface area (Å²) in [6.45, 7) is 0.847. The van der Waals surface area contributed by atoms with Gasteiger partial charge in [-0.1, -0.05) is 0 Å². The van der Waals surface area contributed by atoms with Gasteiger partial charge in [-0.15, -0.1) is 0 Å². The number of rotatable bonds is 5. The van der Waals surface area contributed by atoms with E-state index in [1.165, 1.54) is 0 Å². The predicted molar refractivity (Wildman–Crippen MR) is 118 cm³/mol. The molecule has 0 fully saturated rings. The van der Waals surface area contributed by atoms with Gasteiger partial charge in [0.1, 0.15) is 0 Å². The van der Waals surface area contributed by atoms with Crippen LogP contribution in [0.1, 0.15) is 11.1 Å². The van der Waals surface area contributed by atoms with Gasteiger partial charge >= 0.3 is 0 Å². The van der Waals surface area contributed by atoms with E-state index in [-0.39, 0.29) is 25.6 Å². The van der Waals surface area contributed by atoms with E-state index in [4.69, 9.17) is 9.47 Å². The first-order valence-corrected chi connectivity index (χ1v) is 10.1. The average molecular weight is 421 g/mol. The molecule has 0 saturated carbocycles. The Kier molecular flexibility index (Phi) is 4.77. The van der Waals surface area contributed by atoms with Crippen LogP contribution in [-0.4, -0.2) is 52.1 Å². The van der Waals surface area contributed by atoms with Gasteiger partial charge in [0.15, 0.2) is 11.5 Å². The van der Waals surface area contributed by atoms with Crippen molar-refractivity contribution < 1.29 is 19.7 Å². The van der Waals surface area contributed by atoms with Gasteiger partial charge in [0.05, 0.1) is 24.2 Å². The SMILES string of the molecule is CN(C)CCn1c(=O)c2cc(CO)c(CO)cc2c2cnc3cc4c(cc3c21)OCO4. The monoisotopic (exact) mass is 421 g/mol. The lowest BCUT2D eigenvalue weighted by atomic mass is 9.98. The van der Waals surface area contributed by atoms with E-state index < -0.39 is 0 Å². The Hall–Kier alpha value is -3.20. The second-order valence-corrected chi connectivity index (χ2v) is 7.99. The van der Waals surface area contributed by atoms with E-state index in [0.29, 0.717) is 52.0 Å². The Balaban J connectivity index is 1.94. The van der Waals surface area contributed by atoms with Gasteiger partial charge in [-0.25, -0.2) is 0 Å². The van der Waals surface area contributed by atoms with Crippen LogP contribution in [0.4, 0.5) is 0 Å². The van der Waals surface area contributed by atoms with Crippen molar-refractivity contribution in [3.63, 3.8) is 0 Å². The molecule has 160 valence electrons. The molecule has 0 unspecified atom stereocenters. The molecule has 0 amide bonds. The summed E-state index contributed by atoms with van der Waals surface area (Å²) in [5.74, 6) is 1.26. The summed E-state index contributed by atoms with van der Waals surface area (Å²) in [6.07, 6.45) is 1.76. The summed E-state index contributed by atoms with van der Waals surface area (Å²) >= 11 is 0. The Labute approximate surface area is 177 Å². The molecule has 0 radical (unpaired) electrons. The topological polar surface area (TPSA) is 97.1 Å². The van der Waals surface area contributed by atoms with Crippen molar-refractivity contribution in [3.05, 3.63) is 51.9 Å². The van der Waals surface area contributed by atoms with Crippen LogP contribution in [0.2, 0.25) is 0 Å². The van der Waals surface area contributed by atoms with E-state index in [9.17, 15) is 15.0 Å². The molecule has 0 aliphatic carbocycles. The second kappa shape index (κ2) is 7.49. The summed E-state index contributed by atoms with van der Waals surface area (Å²) in [4.78, 5) is 20.3. The highest BCUT2D eigenvalue weighted by Gasteiger charge is 2.20. The second-order valence-electron chi connectivity index (χ2n) is 7.99. The molecule has 4 aromatic rings. The summed E-state index contributed by atoms with van der Waals surface area (Å²) < 4.78 is 12.8. The molecule has 0 saturated heterocycles. The lowest BCUT2D eigenvalue weighted by Crippen LogP contribution is -2.27. The quantitative estimate of drug-likeness (QED) is 0.476. The number of fused-ring (bicyclic) bond motifs is 6. The largest absolute Gasteiger partial charge is 0.454 e. The molecule has 8 heteroatoms. The molecule has 0 bridgehead atoms. The third kappa shape index (κ3) is 3.11. The molecule has 0 spiro atoms. The van der Waals surface area contributed by atoms with Gasteiger partial charge in [0, 0.05) is 41.5 Å². The number of aromatic nitrogens is 2. The van der Waals surface area contributed by atoms with E-state index in [1.54, 1.807) is 22.9 Å². The van der Waals surface area contributed by atoms with Crippen molar-refractivity contribution in [3.8, 4) is 11.5 Å². The minimum absolute atomic E-state index is 0.145. The molecule has 2 aromatic carbocycles. The smallest absolute Gasteiger partial charge is 0.258 e. The highest BCUT2D eigenvalue weighted by molar-refractivity contribution is 6.14. The number of nitrogens with zero attached hydrogens (tertiary/aromatic N) is 3. The Bertz CT molecular complexity index is 1390. The number of ether oxygens (including phenoxy) is 2. The van der Waals surface area contributed by atoms with Crippen molar-refractivity contribution in [2.24, 2.45) is 0 Å². The Morgan fingerprint density at radius 3 is 2.32 bits per heavy atom. The van der Waals surface area contributed by atoms with Gasteiger partial charge in [0.2, 0.25) is 6.79 Å². The number of likely N-dealkylation sites (N-methyl/N-ethyl adjacent to an activating group) is 1. The molecular formula is C23H23N3O5. The highest BCUT2D eigenvalue weighted by Crippen LogP contribution is 2.38. The first kappa shape index (κ1) is 19.7. The van der Waals surface area contributed by atoms with E-state index in [0.717, 1.165) is 16.3 Å². The molecule has 8 nitrogen and oxygen atoms in total. The molecular weight excluding hydrogens is 398 g/mol. The van der Waals surface area contributed by atoms with E-state index >= 15 is 0 Å². The zero-order valence-electron chi connectivity index (χ0n) is 17.4. The fraction of sp³-hybridized carbons (Fsp3) is 0.304. The fourth-order valence-electron chi connectivity index (χ4n) is 4.20. The highest BCUT2D eigenvalue weighted by atomic mass is 16.7. The van der Waals surface area contributed by atoms with Crippen LogP contribution in [0, 0.1) is 0 Å². The maximum absolute atomic E-state index is 13.6. The van der Waals surface area contributed by atoms with Crippen LogP contribution in [0.5, 0.6) is 11.5 Å². The molecule has 31 heavy (non-hydrogen) atoms. The molecule has 3 heterocycles. The van der Waals surface area contributed by atoms with Crippen LogP contribution in [0.3, 0.4) is 0 Å². The molecule has 1 aliphatic heterocycles. The predicted octanol–water partition coefficient (Wildman–Crippen LogP) is 1.98. The standard InChI is InChI=1S/C23H23N3O5/c1-25(2)3-4-26-22-17-7-20-21(31-12-30-20)8-19(17)24-9-18(22)15-5-13(10-27)14(11-28)6-16(15)23(26)29/h5-9,27-28H,3-4,10-12H2,1-2H3. The minimum atomic E-state index is -0.250. The van der Waals surface area contributed by atoms with Crippen LogP contribution in [0.15, 0.2) is 35.3 Å². The van der Waals surface area contributed by atoms with Crippen molar-refractivity contribution >= 4 is 32.6 Å². The van der Waals surface area contributed by atoms with E-state index in [2.05, 4.69) is 4.98 Å². The fourth-order valence-corrected chi connectivity index (χ4v) is 4.20. The third-order valence-electron chi connectivity index (χ3n) is 5.82. The van der Waals surface area contributed by atoms with E-state index in [1.807, 2.05) is 31.1 Å². The number of pyridine rings is 2. The van der Waals surface area contributed by atoms with Crippen molar-refractivity contribution in [1.82, 2.24) is 14.5 Å². The Morgan fingerprint density at radius 2 is 1.65 bits per heavy atom. The summed E-state index contributed by atoms with van der Waals surface area (Å²) in [7, 11) is 3.92. The van der Waals surface area contributed by atoms with Crippen molar-refractivity contribution in [1.29, 1.82) is 0 Å². The number of hydrogen-bond acceptors (Lipinski definition) is 7. The average Bonchev–Trinajstić information content (AvgIpc) is 3.23. The Morgan fingerprint density at radius 1 is 0.968 bits per heavy atom. The summed E-state index contributed by atoms with van der Waals surface area (Å²) in [5.41, 5.74) is 2.47. The molecule has 1 aliphatic rings. The maximum atomic E-state index is 13.6. The third-order valence-corrected chi connectivity index (χ3v) is 5.82. The zero-order valence-corrected chi connectivity index (χ0v) is 17.4. The number of aliphatic hydroxyl groups is 2. The minimum Gasteiger partial charge on any atom is -0.454 e. The van der Waals surface area contributed by atoms with Crippen LogP contribution < -0.4 is 15.0 Å². The first-order valence-electron chi connectivity index (χ1n) is 10.1. The molecule has 0 atom stereocenters. The first-order chi connectivity index (χ1) is 15.0. The number of benzene rings is 2. The van der Waals surface area contributed by atoms with Crippen molar-refractivity contribution in [2.75, 3.05) is 27.4 Å². The lowest BCUT2D eigenvalue weighted by Gasteiger charge is -2.18. The van der Waals surface area contributed by atoms with Gasteiger partial charge in [-0.3, -0.25) is 9.78 Å². The van der Waals surface area contributed by atoms with Crippen molar-refractivity contribution in [2.45, 2.75) is 19.8 Å². The lowest BCUT2D eigenvalue weighted by molar-refractivity contribution is 0.174. The molecule has 2 aromatic heterocycles. The van der Waals surface area contributed by atoms with Crippen LogP contribution in [-0.2, 0) is 19.8 Å².